The van der Waals surface area contributed by atoms with Gasteiger partial charge in [-0.1, -0.05) is 92.7 Å². The van der Waals surface area contributed by atoms with Gasteiger partial charge < -0.3 is 57.5 Å². The van der Waals surface area contributed by atoms with Gasteiger partial charge in [-0.25, -0.2) is 14.4 Å². The summed E-state index contributed by atoms with van der Waals surface area (Å²) in [6.45, 7) is 29.4. The number of carbonyl (C=O) groups is 4. The number of morpholine rings is 1. The highest BCUT2D eigenvalue weighted by molar-refractivity contribution is 6.77. The number of fused-ring (bicyclic) bond motifs is 8. The highest BCUT2D eigenvalue weighted by Gasteiger charge is 2.76. The molecule has 4 heterocycles. The summed E-state index contributed by atoms with van der Waals surface area (Å²) in [5.41, 5.74) is -5.41. The lowest BCUT2D eigenvalue weighted by Gasteiger charge is -2.66. The minimum atomic E-state index is -3.06. The third-order valence-corrected chi connectivity index (χ3v) is 23.5. The summed E-state index contributed by atoms with van der Waals surface area (Å²) in [7, 11) is -1.54. The molecule has 3 aliphatic heterocycles. The molecule has 77 heavy (non-hydrogen) atoms. The first-order valence-electron chi connectivity index (χ1n) is 27.3. The lowest BCUT2D eigenvalue weighted by Crippen LogP contribution is -2.78. The summed E-state index contributed by atoms with van der Waals surface area (Å²) in [6.07, 6.45) is -3.34. The Morgan fingerprint density at radius 1 is 0.935 bits per heavy atom. The van der Waals surface area contributed by atoms with Gasteiger partial charge in [0, 0.05) is 43.8 Å². The molecule has 0 spiro atoms. The van der Waals surface area contributed by atoms with Crippen LogP contribution in [0.2, 0.25) is 16.6 Å². The molecule has 12 atom stereocenters. The molecular formula is C58H83N3O15Si. The molecule has 8 rings (SSSR count). The largest absolute Gasteiger partial charge is 0.495 e. The van der Waals surface area contributed by atoms with Gasteiger partial charge in [0.25, 0.3) is 0 Å². The van der Waals surface area contributed by atoms with E-state index in [0.717, 1.165) is 0 Å². The maximum absolute atomic E-state index is 16.0. The Labute approximate surface area is 455 Å². The van der Waals surface area contributed by atoms with E-state index in [1.165, 1.54) is 20.2 Å². The van der Waals surface area contributed by atoms with Crippen LogP contribution in [0.25, 0.3) is 0 Å². The summed E-state index contributed by atoms with van der Waals surface area (Å²) in [5.74, 6) is -2.76. The van der Waals surface area contributed by atoms with Gasteiger partial charge in [0.1, 0.15) is 53.5 Å². The highest BCUT2D eigenvalue weighted by atomic mass is 28.4. The van der Waals surface area contributed by atoms with Crippen LogP contribution in [0.4, 0.5) is 4.79 Å². The number of pyridine rings is 1. The Kier molecular flexibility index (Phi) is 16.7. The number of carbonyl (C=O) groups excluding carboxylic acids is 4. The fraction of sp³-hybridized carbons (Fsp3) is 0.672. The number of hydrogen-bond donors (Lipinski definition) is 2. The van der Waals surface area contributed by atoms with Crippen molar-refractivity contribution in [2.45, 2.75) is 186 Å². The number of alkyl carbamates (subject to hydrolysis) is 1. The van der Waals surface area contributed by atoms with E-state index in [-0.39, 0.29) is 40.9 Å². The van der Waals surface area contributed by atoms with Crippen LogP contribution in [-0.4, -0.2) is 154 Å². The molecule has 1 aromatic heterocycles. The predicted molar refractivity (Wildman–Crippen MR) is 286 cm³/mol. The quantitative estimate of drug-likeness (QED) is 0.0703. The number of nitrogens with one attached hydrogen (secondary N) is 1. The molecule has 4 fully saturated rings. The van der Waals surface area contributed by atoms with Gasteiger partial charge in [-0.3, -0.25) is 14.7 Å². The van der Waals surface area contributed by atoms with E-state index in [1.807, 2.05) is 39.8 Å². The number of methoxy groups -OCH3 is 1. The fourth-order valence-electron chi connectivity index (χ4n) is 13.8. The van der Waals surface area contributed by atoms with Gasteiger partial charge in [0.05, 0.1) is 50.3 Å². The molecule has 2 bridgehead atoms. The zero-order valence-corrected chi connectivity index (χ0v) is 48.7. The summed E-state index contributed by atoms with van der Waals surface area (Å²) in [6, 6.07) is 10.6. The van der Waals surface area contributed by atoms with Crippen LogP contribution < -0.4 is 10.1 Å². The molecule has 3 aliphatic carbocycles. The average molecular weight is 1090 g/mol. The number of benzene rings is 1. The zero-order chi connectivity index (χ0) is 56.2. The molecule has 424 valence electrons. The SMILES string of the molecule is COc1ccc([C@H](NC(=O)OC(C)(C)C)[C@@H](O[Si](C(C)C)(C(C)C)C(C)C)C(=O)O[C@H]2C[C@@]3(O)[C@@H](OC(=O)c4ccccc4)[C@H]4[C@@](C)(C=C[C@H]5OC[C@]54OC(C)=O)[C@@H]4O[C@H](CN5CCOCC5)O[C@@H]4C(=C2C)C3(C)C)nc1. The Morgan fingerprint density at radius 3 is 2.16 bits per heavy atom. The molecule has 1 aromatic carbocycles. The van der Waals surface area contributed by atoms with Crippen molar-refractivity contribution >= 4 is 32.3 Å². The number of amides is 1. The van der Waals surface area contributed by atoms with Crippen LogP contribution in [0.1, 0.15) is 125 Å². The molecule has 1 amide bonds. The van der Waals surface area contributed by atoms with E-state index >= 15 is 4.79 Å². The second kappa shape index (κ2) is 22.1. The number of nitrogens with zero attached hydrogens (tertiary/aromatic N) is 2. The van der Waals surface area contributed by atoms with Crippen molar-refractivity contribution in [1.82, 2.24) is 15.2 Å². The molecule has 2 N–H and O–H groups in total. The molecular weight excluding hydrogens is 1010 g/mol. The molecule has 0 radical (unpaired) electrons. The third kappa shape index (κ3) is 10.8. The van der Waals surface area contributed by atoms with E-state index in [2.05, 4.69) is 51.8 Å². The minimum absolute atomic E-state index is 0.0277. The topological polar surface area (TPSA) is 209 Å². The molecule has 0 unspecified atom stereocenters. The second-order valence-electron chi connectivity index (χ2n) is 24.5. The number of ether oxygens (including phenoxy) is 9. The first kappa shape index (κ1) is 58.4. The number of esters is 3. The van der Waals surface area contributed by atoms with Crippen molar-refractivity contribution < 1.29 is 71.3 Å². The number of aliphatic hydroxyl groups is 1. The van der Waals surface area contributed by atoms with Gasteiger partial charge in [-0.05, 0) is 79.7 Å². The standard InChI is InChI=1S/C58H83N3O15Si/c1-33(2)77(34(3)4,35(5)6)76-47(45(60-53(65)75-54(9,10)11)40-22-21-39(67-15)30-59-40)52(64)70-41-29-58(66)50(73-51(63)38-19-17-16-18-20-38)48-56(14,24-23-42-57(48,32-69-42)74-37(8)62)49-46(44(36(41)7)55(58,12)13)71-43(72-49)31-61-25-27-68-28-26-61/h16-24,30,33-35,41-43,45-50,66H,25-29,31-32H2,1-15H3,(H,60,65)/t41-,42+,43+,45-,46+,47+,48-,49+,50-,56+,57-,58+/m0/s1. The van der Waals surface area contributed by atoms with Crippen LogP contribution in [0, 0.1) is 16.7 Å². The van der Waals surface area contributed by atoms with Crippen molar-refractivity contribution in [3.8, 4) is 5.75 Å². The maximum Gasteiger partial charge on any atom is 0.408 e. The average Bonchev–Trinajstić information content (AvgIpc) is 3.84. The van der Waals surface area contributed by atoms with E-state index in [4.69, 9.17) is 52.0 Å². The summed E-state index contributed by atoms with van der Waals surface area (Å²) in [5, 5.41) is 17.4. The lowest BCUT2D eigenvalue weighted by molar-refractivity contribution is -0.316. The Balaban J connectivity index is 1.33. The third-order valence-electron chi connectivity index (χ3n) is 17.4. The van der Waals surface area contributed by atoms with E-state index in [1.54, 1.807) is 63.2 Å². The van der Waals surface area contributed by atoms with Crippen molar-refractivity contribution in [2.24, 2.45) is 16.7 Å². The van der Waals surface area contributed by atoms with Gasteiger partial charge >= 0.3 is 24.0 Å². The summed E-state index contributed by atoms with van der Waals surface area (Å²) < 4.78 is 65.3. The first-order chi connectivity index (χ1) is 36.1. The van der Waals surface area contributed by atoms with Crippen molar-refractivity contribution in [3.63, 3.8) is 0 Å². The molecule has 6 aliphatic rings. The smallest absolute Gasteiger partial charge is 0.408 e. The number of aromatic nitrogens is 1. The van der Waals surface area contributed by atoms with Gasteiger partial charge in [-0.2, -0.15) is 0 Å². The van der Waals surface area contributed by atoms with Crippen molar-refractivity contribution in [3.05, 3.63) is 83.2 Å². The summed E-state index contributed by atoms with van der Waals surface area (Å²) in [4.78, 5) is 65.3. The normalized spacial score (nSPS) is 31.6. The number of hydrogen-bond acceptors (Lipinski definition) is 17. The molecule has 3 saturated heterocycles. The molecule has 1 saturated carbocycles. The number of rotatable bonds is 16. The van der Waals surface area contributed by atoms with Gasteiger partial charge in [0.15, 0.2) is 18.0 Å². The van der Waals surface area contributed by atoms with E-state index in [9.17, 15) is 19.5 Å². The fourth-order valence-corrected chi connectivity index (χ4v) is 19.3. The maximum atomic E-state index is 16.0. The van der Waals surface area contributed by atoms with E-state index < -0.39 is 115 Å². The first-order valence-corrected chi connectivity index (χ1v) is 29.5. The second-order valence-corrected chi connectivity index (χ2v) is 29.9. The van der Waals surface area contributed by atoms with Crippen LogP contribution >= 0.6 is 0 Å². The Hall–Kier alpha value is -4.73. The van der Waals surface area contributed by atoms with Gasteiger partial charge in [0.2, 0.25) is 8.32 Å². The molecule has 19 heteroatoms. The highest BCUT2D eigenvalue weighted by Crippen LogP contribution is 2.65. The van der Waals surface area contributed by atoms with Crippen LogP contribution in [-0.2, 0) is 51.9 Å². The van der Waals surface area contributed by atoms with Gasteiger partial charge in [-0.15, -0.1) is 0 Å². The van der Waals surface area contributed by atoms with Crippen LogP contribution in [0.15, 0.2) is 72.0 Å². The lowest BCUT2D eigenvalue weighted by atomic mass is 9.46. The zero-order valence-electron chi connectivity index (χ0n) is 47.7. The van der Waals surface area contributed by atoms with E-state index in [0.29, 0.717) is 49.7 Å². The van der Waals surface area contributed by atoms with Crippen molar-refractivity contribution in [1.29, 1.82) is 0 Å². The monoisotopic (exact) mass is 1090 g/mol. The predicted octanol–water partition coefficient (Wildman–Crippen LogP) is 8.18. The molecule has 2 aromatic rings. The van der Waals surface area contributed by atoms with Crippen LogP contribution in [0.5, 0.6) is 5.75 Å². The van der Waals surface area contributed by atoms with Crippen molar-refractivity contribution in [2.75, 3.05) is 46.6 Å². The Morgan fingerprint density at radius 2 is 1.60 bits per heavy atom. The Bertz CT molecular complexity index is 2520. The minimum Gasteiger partial charge on any atom is -0.495 e. The van der Waals surface area contributed by atoms with Crippen LogP contribution in [0.3, 0.4) is 0 Å². The summed E-state index contributed by atoms with van der Waals surface area (Å²) >= 11 is 0. The molecule has 18 nitrogen and oxygen atoms in total.